The largest absolute Gasteiger partial charge is 0.481 e. The van der Waals surface area contributed by atoms with Gasteiger partial charge in [0.1, 0.15) is 0 Å². The molecule has 0 aliphatic heterocycles. The Balaban J connectivity index is 2.07. The molecule has 0 radical (unpaired) electrons. The molecule has 1 aromatic rings. The van der Waals surface area contributed by atoms with Crippen molar-refractivity contribution in [2.24, 2.45) is 5.92 Å². The van der Waals surface area contributed by atoms with Crippen LogP contribution in [-0.4, -0.2) is 25.5 Å². The van der Waals surface area contributed by atoms with Gasteiger partial charge in [-0.05, 0) is 24.1 Å². The first-order chi connectivity index (χ1) is 9.92. The quantitative estimate of drug-likeness (QED) is 0.791. The summed E-state index contributed by atoms with van der Waals surface area (Å²) in [6.45, 7) is 0. The van der Waals surface area contributed by atoms with Crippen LogP contribution in [0.3, 0.4) is 0 Å². The average molecular weight is 306 g/mol. The van der Waals surface area contributed by atoms with Crippen LogP contribution in [0.15, 0.2) is 41.3 Å². The van der Waals surface area contributed by atoms with Crippen LogP contribution in [0.2, 0.25) is 0 Å². The minimum Gasteiger partial charge on any atom is -0.481 e. The van der Waals surface area contributed by atoms with Crippen molar-refractivity contribution in [1.82, 2.24) is 4.72 Å². The number of carboxylic acids is 1. The van der Waals surface area contributed by atoms with Crippen molar-refractivity contribution in [2.45, 2.75) is 23.8 Å². The maximum Gasteiger partial charge on any atom is 0.310 e. The van der Waals surface area contributed by atoms with Gasteiger partial charge in [0.05, 0.1) is 23.3 Å². The molecule has 0 saturated carbocycles. The summed E-state index contributed by atoms with van der Waals surface area (Å²) in [6, 6.07) is 7.50. The molecule has 1 aromatic carbocycles. The van der Waals surface area contributed by atoms with E-state index in [-0.39, 0.29) is 17.7 Å². The number of nitriles is 1. The molecule has 0 fully saturated rings. The minimum atomic E-state index is -3.70. The van der Waals surface area contributed by atoms with Crippen molar-refractivity contribution in [3.63, 3.8) is 0 Å². The molecule has 0 spiro atoms. The molecule has 21 heavy (non-hydrogen) atoms. The first kappa shape index (κ1) is 15.2. The summed E-state index contributed by atoms with van der Waals surface area (Å²) in [5.41, 5.74) is 0.739. The van der Waals surface area contributed by atoms with Crippen LogP contribution >= 0.6 is 0 Å². The number of rotatable bonds is 5. The van der Waals surface area contributed by atoms with E-state index in [0.717, 1.165) is 5.56 Å². The van der Waals surface area contributed by atoms with Gasteiger partial charge in [0.25, 0.3) is 0 Å². The number of sulfonamides is 1. The third-order valence-electron chi connectivity index (χ3n) is 3.22. The van der Waals surface area contributed by atoms with Gasteiger partial charge in [-0.25, -0.2) is 13.1 Å². The normalized spacial score (nSPS) is 21.1. The lowest BCUT2D eigenvalue weighted by molar-refractivity contribution is -0.140. The number of nitrogens with one attached hydrogen (secondary N) is 1. The van der Waals surface area contributed by atoms with Gasteiger partial charge in [-0.2, -0.15) is 5.26 Å². The van der Waals surface area contributed by atoms with E-state index in [9.17, 15) is 13.2 Å². The lowest BCUT2D eigenvalue weighted by Crippen LogP contribution is -2.33. The summed E-state index contributed by atoms with van der Waals surface area (Å²) < 4.78 is 26.8. The second-order valence-corrected chi connectivity index (χ2v) is 6.49. The van der Waals surface area contributed by atoms with Crippen molar-refractivity contribution in [1.29, 1.82) is 5.26 Å². The number of benzene rings is 1. The molecular weight excluding hydrogens is 292 g/mol. The van der Waals surface area contributed by atoms with Gasteiger partial charge in [-0.15, -0.1) is 0 Å². The van der Waals surface area contributed by atoms with Gasteiger partial charge in [0, 0.05) is 6.04 Å². The highest BCUT2D eigenvalue weighted by molar-refractivity contribution is 7.89. The molecule has 0 bridgehead atoms. The van der Waals surface area contributed by atoms with Gasteiger partial charge in [-0.3, -0.25) is 4.79 Å². The Morgan fingerprint density at radius 3 is 2.52 bits per heavy atom. The van der Waals surface area contributed by atoms with Crippen LogP contribution in [-0.2, 0) is 21.2 Å². The van der Waals surface area contributed by atoms with E-state index in [0.29, 0.717) is 0 Å². The Morgan fingerprint density at radius 1 is 1.33 bits per heavy atom. The number of hydrogen-bond acceptors (Lipinski definition) is 4. The fraction of sp³-hybridized carbons (Fsp3) is 0.286. The van der Waals surface area contributed by atoms with Crippen molar-refractivity contribution < 1.29 is 18.3 Å². The predicted octanol–water partition coefficient (Wildman–Crippen LogP) is 1.06. The fourth-order valence-corrected chi connectivity index (χ4v) is 3.32. The third-order valence-corrected chi connectivity index (χ3v) is 4.73. The molecule has 2 rings (SSSR count). The molecule has 0 aromatic heterocycles. The number of hydrogen-bond donors (Lipinski definition) is 2. The van der Waals surface area contributed by atoms with Crippen LogP contribution in [0.4, 0.5) is 0 Å². The maximum atomic E-state index is 12.2. The van der Waals surface area contributed by atoms with E-state index in [1.165, 1.54) is 18.2 Å². The summed E-state index contributed by atoms with van der Waals surface area (Å²) in [5, 5.41) is 17.4. The molecule has 110 valence electrons. The highest BCUT2D eigenvalue weighted by Crippen LogP contribution is 2.20. The molecule has 6 nitrogen and oxygen atoms in total. The summed E-state index contributed by atoms with van der Waals surface area (Å²) in [6.07, 6.45) is 3.48. The van der Waals surface area contributed by atoms with Gasteiger partial charge < -0.3 is 5.11 Å². The topological polar surface area (TPSA) is 107 Å². The number of aliphatic carboxylic acids is 1. The maximum absolute atomic E-state index is 12.2. The highest BCUT2D eigenvalue weighted by atomic mass is 32.2. The zero-order valence-electron chi connectivity index (χ0n) is 11.1. The molecule has 2 unspecified atom stereocenters. The number of nitrogens with zero attached hydrogens (tertiary/aromatic N) is 1. The van der Waals surface area contributed by atoms with Gasteiger partial charge in [-0.1, -0.05) is 24.3 Å². The van der Waals surface area contributed by atoms with Crippen LogP contribution in [0.5, 0.6) is 0 Å². The lowest BCUT2D eigenvalue weighted by atomic mass is 10.1. The second-order valence-electron chi connectivity index (χ2n) is 4.77. The Hall–Kier alpha value is -2.17. The molecule has 0 heterocycles. The number of carbonyl (C=O) groups is 1. The zero-order chi connectivity index (χ0) is 15.5. The standard InChI is InChI=1S/C14H14N2O4S/c15-8-7-10-1-5-13(6-2-10)21(19,20)16-12-4-3-11(9-12)14(17)18/h1-6,11-12,16H,7,9H2,(H,17,18). The van der Waals surface area contributed by atoms with Crippen LogP contribution in [0, 0.1) is 17.2 Å². The minimum absolute atomic E-state index is 0.0939. The summed E-state index contributed by atoms with van der Waals surface area (Å²) in [7, 11) is -3.70. The van der Waals surface area contributed by atoms with Crippen molar-refractivity contribution in [3.05, 3.63) is 42.0 Å². The molecular formula is C14H14N2O4S. The predicted molar refractivity (Wildman–Crippen MR) is 74.8 cm³/mol. The van der Waals surface area contributed by atoms with E-state index in [4.69, 9.17) is 10.4 Å². The second kappa shape index (κ2) is 6.08. The van der Waals surface area contributed by atoms with Crippen molar-refractivity contribution in [3.8, 4) is 6.07 Å². The summed E-state index contributed by atoms with van der Waals surface area (Å²) in [5.74, 6) is -1.62. The molecule has 2 N–H and O–H groups in total. The molecule has 1 aliphatic carbocycles. The summed E-state index contributed by atoms with van der Waals surface area (Å²) >= 11 is 0. The zero-order valence-corrected chi connectivity index (χ0v) is 11.9. The molecule has 2 atom stereocenters. The van der Waals surface area contributed by atoms with E-state index >= 15 is 0 Å². The van der Waals surface area contributed by atoms with E-state index in [2.05, 4.69) is 4.72 Å². The van der Waals surface area contributed by atoms with Gasteiger partial charge >= 0.3 is 5.97 Å². The SMILES string of the molecule is N#CCc1ccc(S(=O)(=O)NC2C=CC(C(=O)O)C2)cc1. The van der Waals surface area contributed by atoms with Crippen molar-refractivity contribution in [2.75, 3.05) is 0 Å². The lowest BCUT2D eigenvalue weighted by Gasteiger charge is -2.12. The molecule has 0 saturated heterocycles. The Morgan fingerprint density at radius 2 is 2.00 bits per heavy atom. The third kappa shape index (κ3) is 3.68. The molecule has 0 amide bonds. The monoisotopic (exact) mass is 306 g/mol. The van der Waals surface area contributed by atoms with E-state index in [1.54, 1.807) is 18.2 Å². The van der Waals surface area contributed by atoms with Crippen LogP contribution in [0.25, 0.3) is 0 Å². The van der Waals surface area contributed by atoms with Crippen molar-refractivity contribution >= 4 is 16.0 Å². The summed E-state index contributed by atoms with van der Waals surface area (Å²) in [4.78, 5) is 10.9. The van der Waals surface area contributed by atoms with Crippen LogP contribution in [0.1, 0.15) is 12.0 Å². The smallest absolute Gasteiger partial charge is 0.310 e. The van der Waals surface area contributed by atoms with Gasteiger partial charge in [0.2, 0.25) is 10.0 Å². The first-order valence-electron chi connectivity index (χ1n) is 6.32. The molecule has 1 aliphatic rings. The van der Waals surface area contributed by atoms with E-state index in [1.807, 2.05) is 6.07 Å². The Labute approximate surface area is 122 Å². The van der Waals surface area contributed by atoms with E-state index < -0.39 is 28.0 Å². The first-order valence-corrected chi connectivity index (χ1v) is 7.80. The van der Waals surface area contributed by atoms with Crippen LogP contribution < -0.4 is 4.72 Å². The van der Waals surface area contributed by atoms with Gasteiger partial charge in [0.15, 0.2) is 0 Å². The fourth-order valence-electron chi connectivity index (χ4n) is 2.11. The molecule has 7 heteroatoms. The highest BCUT2D eigenvalue weighted by Gasteiger charge is 2.27. The Bertz CT molecular complexity index is 701. The Kier molecular flexibility index (Phi) is 4.40. The number of carboxylic acid groups (broad SMARTS) is 1. The average Bonchev–Trinajstić information content (AvgIpc) is 2.88.